The zero-order valence-electron chi connectivity index (χ0n) is 10.8. The molecule has 1 heterocycles. The van der Waals surface area contributed by atoms with Crippen LogP contribution in [0.4, 0.5) is 0 Å². The molecule has 2 atom stereocenters. The van der Waals surface area contributed by atoms with E-state index in [9.17, 15) is 0 Å². The molecule has 1 fully saturated rings. The summed E-state index contributed by atoms with van der Waals surface area (Å²) in [7, 11) is 0. The number of rotatable bonds is 9. The second-order valence-corrected chi connectivity index (χ2v) is 4.80. The van der Waals surface area contributed by atoms with Gasteiger partial charge in [-0.25, -0.2) is 0 Å². The fraction of sp³-hybridized carbons (Fsp3) is 1.00. The lowest BCUT2D eigenvalue weighted by Crippen LogP contribution is -2.27. The van der Waals surface area contributed by atoms with Gasteiger partial charge in [-0.3, -0.25) is 0 Å². The predicted molar refractivity (Wildman–Crippen MR) is 66.7 cm³/mol. The first-order chi connectivity index (χ1) is 7.83. The van der Waals surface area contributed by atoms with Gasteiger partial charge in [0.1, 0.15) is 0 Å². The summed E-state index contributed by atoms with van der Waals surface area (Å²) in [4.78, 5) is 0. The van der Waals surface area contributed by atoms with Crippen LogP contribution in [0.2, 0.25) is 0 Å². The quantitative estimate of drug-likeness (QED) is 0.615. The van der Waals surface area contributed by atoms with Crippen LogP contribution in [-0.4, -0.2) is 39.0 Å². The van der Waals surface area contributed by atoms with Gasteiger partial charge in [0.2, 0.25) is 0 Å². The molecule has 0 aromatic rings. The summed E-state index contributed by atoms with van der Waals surface area (Å²) in [6.07, 6.45) is 4.81. The molecule has 0 aromatic carbocycles. The Balaban J connectivity index is 1.80. The molecular weight excluding hydrogens is 202 g/mol. The molecule has 96 valence electrons. The van der Waals surface area contributed by atoms with E-state index >= 15 is 0 Å². The molecule has 16 heavy (non-hydrogen) atoms. The van der Waals surface area contributed by atoms with E-state index in [4.69, 9.17) is 9.47 Å². The zero-order chi connectivity index (χ0) is 11.6. The summed E-state index contributed by atoms with van der Waals surface area (Å²) in [6, 6.07) is 0.647. The van der Waals surface area contributed by atoms with Crippen molar-refractivity contribution >= 4 is 0 Å². The molecule has 0 amide bonds. The average molecular weight is 229 g/mol. The third kappa shape index (κ3) is 6.46. The normalized spacial score (nSPS) is 22.5. The van der Waals surface area contributed by atoms with Gasteiger partial charge in [0.15, 0.2) is 0 Å². The van der Waals surface area contributed by atoms with Crippen molar-refractivity contribution in [3.8, 4) is 0 Å². The van der Waals surface area contributed by atoms with Crippen molar-refractivity contribution in [3.05, 3.63) is 0 Å². The van der Waals surface area contributed by atoms with Gasteiger partial charge in [0.25, 0.3) is 0 Å². The van der Waals surface area contributed by atoms with Crippen LogP contribution in [0.3, 0.4) is 0 Å². The van der Waals surface area contributed by atoms with E-state index in [1.54, 1.807) is 0 Å². The molecule has 1 rings (SSSR count). The van der Waals surface area contributed by atoms with E-state index in [1.165, 1.54) is 19.3 Å². The van der Waals surface area contributed by atoms with Crippen LogP contribution in [-0.2, 0) is 9.47 Å². The van der Waals surface area contributed by atoms with Crippen LogP contribution >= 0.6 is 0 Å². The van der Waals surface area contributed by atoms with Gasteiger partial charge in [0.05, 0.1) is 13.2 Å². The number of nitrogens with one attached hydrogen (secondary N) is 1. The van der Waals surface area contributed by atoms with Crippen molar-refractivity contribution in [2.75, 3.05) is 33.0 Å². The van der Waals surface area contributed by atoms with Crippen molar-refractivity contribution in [1.29, 1.82) is 0 Å². The Bertz CT molecular complexity index is 158. The summed E-state index contributed by atoms with van der Waals surface area (Å²) >= 11 is 0. The highest BCUT2D eigenvalue weighted by Crippen LogP contribution is 2.12. The smallest absolute Gasteiger partial charge is 0.0517 e. The summed E-state index contributed by atoms with van der Waals surface area (Å²) in [5.74, 6) is 0.645. The Morgan fingerprint density at radius 1 is 1.50 bits per heavy atom. The van der Waals surface area contributed by atoms with Gasteiger partial charge in [-0.05, 0) is 32.7 Å². The SMILES string of the molecule is CCCC(C)NCCCOCC1CCOC1. The van der Waals surface area contributed by atoms with Crippen LogP contribution in [0.25, 0.3) is 0 Å². The number of hydrogen-bond acceptors (Lipinski definition) is 3. The maximum Gasteiger partial charge on any atom is 0.0517 e. The van der Waals surface area contributed by atoms with Gasteiger partial charge in [-0.1, -0.05) is 13.3 Å². The van der Waals surface area contributed by atoms with Gasteiger partial charge >= 0.3 is 0 Å². The Morgan fingerprint density at radius 2 is 2.38 bits per heavy atom. The van der Waals surface area contributed by atoms with Crippen LogP contribution in [0.15, 0.2) is 0 Å². The average Bonchev–Trinajstić information content (AvgIpc) is 2.76. The molecule has 1 aliphatic rings. The summed E-state index contributed by atoms with van der Waals surface area (Å²) < 4.78 is 10.9. The standard InChI is InChI=1S/C13H27NO2/c1-3-5-12(2)14-7-4-8-15-10-13-6-9-16-11-13/h12-14H,3-11H2,1-2H3. The monoisotopic (exact) mass is 229 g/mol. The Labute approximate surface area is 99.9 Å². The third-order valence-corrected chi connectivity index (χ3v) is 3.06. The lowest BCUT2D eigenvalue weighted by atomic mass is 10.1. The first kappa shape index (κ1) is 13.9. The van der Waals surface area contributed by atoms with Crippen molar-refractivity contribution in [2.45, 2.75) is 45.6 Å². The maximum absolute atomic E-state index is 5.64. The van der Waals surface area contributed by atoms with E-state index in [0.717, 1.165) is 39.4 Å². The molecule has 0 saturated carbocycles. The fourth-order valence-electron chi connectivity index (χ4n) is 2.02. The molecular formula is C13H27NO2. The Kier molecular flexibility index (Phi) is 7.81. The van der Waals surface area contributed by atoms with Crippen LogP contribution in [0, 0.1) is 5.92 Å². The first-order valence-corrected chi connectivity index (χ1v) is 6.71. The van der Waals surface area contributed by atoms with E-state index in [2.05, 4.69) is 19.2 Å². The minimum atomic E-state index is 0.645. The highest BCUT2D eigenvalue weighted by atomic mass is 16.5. The van der Waals surface area contributed by atoms with Gasteiger partial charge < -0.3 is 14.8 Å². The van der Waals surface area contributed by atoms with Gasteiger partial charge in [-0.2, -0.15) is 0 Å². The van der Waals surface area contributed by atoms with Crippen LogP contribution in [0.5, 0.6) is 0 Å². The molecule has 2 unspecified atom stereocenters. The van der Waals surface area contributed by atoms with E-state index < -0.39 is 0 Å². The van der Waals surface area contributed by atoms with Crippen molar-refractivity contribution in [3.63, 3.8) is 0 Å². The van der Waals surface area contributed by atoms with Crippen molar-refractivity contribution in [1.82, 2.24) is 5.32 Å². The zero-order valence-corrected chi connectivity index (χ0v) is 10.8. The summed E-state index contributed by atoms with van der Waals surface area (Å²) in [6.45, 7) is 9.12. The van der Waals surface area contributed by atoms with E-state index in [0.29, 0.717) is 12.0 Å². The highest BCUT2D eigenvalue weighted by molar-refractivity contribution is 4.63. The number of ether oxygens (including phenoxy) is 2. The molecule has 1 saturated heterocycles. The molecule has 0 aliphatic carbocycles. The lowest BCUT2D eigenvalue weighted by Gasteiger charge is -2.13. The van der Waals surface area contributed by atoms with E-state index in [1.807, 2.05) is 0 Å². The molecule has 0 spiro atoms. The Morgan fingerprint density at radius 3 is 3.06 bits per heavy atom. The minimum absolute atomic E-state index is 0.645. The molecule has 0 bridgehead atoms. The molecule has 0 aromatic heterocycles. The molecule has 1 N–H and O–H groups in total. The van der Waals surface area contributed by atoms with E-state index in [-0.39, 0.29) is 0 Å². The third-order valence-electron chi connectivity index (χ3n) is 3.06. The van der Waals surface area contributed by atoms with Gasteiger partial charge in [-0.15, -0.1) is 0 Å². The second kappa shape index (κ2) is 8.97. The van der Waals surface area contributed by atoms with Crippen molar-refractivity contribution in [2.24, 2.45) is 5.92 Å². The summed E-state index contributed by atoms with van der Waals surface area (Å²) in [5.41, 5.74) is 0. The largest absolute Gasteiger partial charge is 0.381 e. The number of hydrogen-bond donors (Lipinski definition) is 1. The van der Waals surface area contributed by atoms with Crippen LogP contribution in [0.1, 0.15) is 39.5 Å². The lowest BCUT2D eigenvalue weighted by molar-refractivity contribution is 0.0880. The summed E-state index contributed by atoms with van der Waals surface area (Å²) in [5, 5.41) is 3.51. The highest BCUT2D eigenvalue weighted by Gasteiger charge is 2.15. The Hall–Kier alpha value is -0.120. The fourth-order valence-corrected chi connectivity index (χ4v) is 2.02. The molecule has 3 heteroatoms. The van der Waals surface area contributed by atoms with Crippen LogP contribution < -0.4 is 5.32 Å². The first-order valence-electron chi connectivity index (χ1n) is 6.71. The minimum Gasteiger partial charge on any atom is -0.381 e. The maximum atomic E-state index is 5.64. The second-order valence-electron chi connectivity index (χ2n) is 4.80. The predicted octanol–water partition coefficient (Wildman–Crippen LogP) is 2.21. The van der Waals surface area contributed by atoms with Crippen molar-refractivity contribution < 1.29 is 9.47 Å². The molecule has 1 aliphatic heterocycles. The molecule has 0 radical (unpaired) electrons. The van der Waals surface area contributed by atoms with Gasteiger partial charge in [0, 0.05) is 25.2 Å². The topological polar surface area (TPSA) is 30.5 Å². The molecule has 3 nitrogen and oxygen atoms in total.